The number of aromatic amines is 1. The highest BCUT2D eigenvalue weighted by Crippen LogP contribution is 2.35. The molecule has 0 spiro atoms. The molecular weight excluding hydrogens is 376 g/mol. The Balaban J connectivity index is 1.48. The molecular formula is C24H24N4O2. The highest BCUT2D eigenvalue weighted by atomic mass is 16.5. The SMILES string of the molecule is C1=C(c2ccc(-c3ccc(Nc4nc[nH]n4)cc3)cc2C2=CCOCC2)CCOC1. The molecule has 0 saturated carbocycles. The minimum atomic E-state index is 0.561. The predicted octanol–water partition coefficient (Wildman–Crippen LogP) is 4.82. The van der Waals surface area contributed by atoms with E-state index in [0.717, 1.165) is 31.7 Å². The molecule has 0 amide bonds. The van der Waals surface area contributed by atoms with E-state index in [0.29, 0.717) is 19.2 Å². The third-order valence-corrected chi connectivity index (χ3v) is 5.53. The lowest BCUT2D eigenvalue weighted by Crippen LogP contribution is -2.08. The Morgan fingerprint density at radius 2 is 1.50 bits per heavy atom. The maximum absolute atomic E-state index is 5.55. The van der Waals surface area contributed by atoms with Crippen LogP contribution in [-0.2, 0) is 9.47 Å². The highest BCUT2D eigenvalue weighted by Gasteiger charge is 2.16. The summed E-state index contributed by atoms with van der Waals surface area (Å²) in [5.41, 5.74) is 8.71. The number of aromatic nitrogens is 3. The average molecular weight is 400 g/mol. The van der Waals surface area contributed by atoms with E-state index in [-0.39, 0.29) is 0 Å². The Kier molecular flexibility index (Phi) is 5.42. The van der Waals surface area contributed by atoms with Crippen molar-refractivity contribution in [1.29, 1.82) is 0 Å². The summed E-state index contributed by atoms with van der Waals surface area (Å²) in [6, 6.07) is 15.1. The smallest absolute Gasteiger partial charge is 0.246 e. The number of H-pyrrole nitrogens is 1. The molecule has 6 nitrogen and oxygen atoms in total. The maximum Gasteiger partial charge on any atom is 0.246 e. The quantitative estimate of drug-likeness (QED) is 0.642. The molecule has 0 fully saturated rings. The van der Waals surface area contributed by atoms with E-state index in [9.17, 15) is 0 Å². The van der Waals surface area contributed by atoms with Gasteiger partial charge in [0.25, 0.3) is 0 Å². The van der Waals surface area contributed by atoms with Gasteiger partial charge in [0, 0.05) is 5.69 Å². The first kappa shape index (κ1) is 18.8. The molecule has 0 aliphatic carbocycles. The highest BCUT2D eigenvalue weighted by molar-refractivity contribution is 5.84. The molecule has 0 atom stereocenters. The minimum absolute atomic E-state index is 0.561. The lowest BCUT2D eigenvalue weighted by atomic mass is 9.88. The summed E-state index contributed by atoms with van der Waals surface area (Å²) in [7, 11) is 0. The van der Waals surface area contributed by atoms with Crippen LogP contribution in [0.15, 0.2) is 60.9 Å². The Bertz CT molecular complexity index is 1070. The molecule has 2 aliphatic rings. The van der Waals surface area contributed by atoms with Crippen molar-refractivity contribution in [1.82, 2.24) is 15.2 Å². The Labute approximate surface area is 175 Å². The van der Waals surface area contributed by atoms with Crippen molar-refractivity contribution in [2.24, 2.45) is 0 Å². The van der Waals surface area contributed by atoms with Crippen LogP contribution >= 0.6 is 0 Å². The van der Waals surface area contributed by atoms with Gasteiger partial charge in [-0.3, -0.25) is 5.10 Å². The zero-order valence-electron chi connectivity index (χ0n) is 16.7. The molecule has 2 N–H and O–H groups in total. The van der Waals surface area contributed by atoms with Gasteiger partial charge in [-0.1, -0.05) is 36.4 Å². The molecule has 6 heteroatoms. The second-order valence-electron chi connectivity index (χ2n) is 7.39. The summed E-state index contributed by atoms with van der Waals surface area (Å²) in [6.07, 6.45) is 7.89. The van der Waals surface area contributed by atoms with E-state index in [1.807, 2.05) is 12.1 Å². The lowest BCUT2D eigenvalue weighted by molar-refractivity contribution is 0.161. The van der Waals surface area contributed by atoms with E-state index in [1.54, 1.807) is 6.33 Å². The van der Waals surface area contributed by atoms with Gasteiger partial charge in [-0.05, 0) is 64.4 Å². The number of rotatable bonds is 5. The average Bonchev–Trinajstić information content (AvgIpc) is 3.33. The number of nitrogens with zero attached hydrogens (tertiary/aromatic N) is 2. The van der Waals surface area contributed by atoms with Crippen LogP contribution in [0, 0.1) is 0 Å². The van der Waals surface area contributed by atoms with Crippen LogP contribution in [0.4, 0.5) is 11.6 Å². The second-order valence-corrected chi connectivity index (χ2v) is 7.39. The standard InChI is InChI=1S/C24H24N4O2/c1-4-21(27-24-25-16-26-28-24)5-2-17(1)20-3-6-22(18-7-11-29-12-8-18)23(15-20)19-9-13-30-14-10-19/h1-7,9,15-16H,8,10-14H2,(H2,25,26,27,28). The van der Waals surface area contributed by atoms with Crippen LogP contribution in [-0.4, -0.2) is 41.6 Å². The van der Waals surface area contributed by atoms with Gasteiger partial charge in [0.15, 0.2) is 0 Å². The number of hydrogen-bond acceptors (Lipinski definition) is 5. The zero-order valence-corrected chi connectivity index (χ0v) is 16.7. The molecule has 0 bridgehead atoms. The van der Waals surface area contributed by atoms with Crippen LogP contribution in [0.25, 0.3) is 22.3 Å². The molecule has 3 heterocycles. The van der Waals surface area contributed by atoms with Crippen molar-refractivity contribution in [2.75, 3.05) is 31.7 Å². The van der Waals surface area contributed by atoms with Gasteiger partial charge >= 0.3 is 0 Å². The summed E-state index contributed by atoms with van der Waals surface area (Å²) < 4.78 is 11.1. The number of hydrogen-bond donors (Lipinski definition) is 2. The maximum atomic E-state index is 5.55. The summed E-state index contributed by atoms with van der Waals surface area (Å²) in [4.78, 5) is 4.10. The third-order valence-electron chi connectivity index (χ3n) is 5.53. The van der Waals surface area contributed by atoms with Gasteiger partial charge in [-0.25, -0.2) is 4.98 Å². The van der Waals surface area contributed by atoms with Crippen molar-refractivity contribution in [3.8, 4) is 11.1 Å². The first-order valence-corrected chi connectivity index (χ1v) is 10.3. The molecule has 5 rings (SSSR count). The molecule has 3 aromatic rings. The van der Waals surface area contributed by atoms with E-state index in [1.165, 1.54) is 33.4 Å². The molecule has 1 aromatic heterocycles. The van der Waals surface area contributed by atoms with Crippen LogP contribution in [0.2, 0.25) is 0 Å². The fourth-order valence-corrected chi connectivity index (χ4v) is 3.96. The van der Waals surface area contributed by atoms with Gasteiger partial charge in [0.1, 0.15) is 6.33 Å². The summed E-state index contributed by atoms with van der Waals surface area (Å²) in [5.74, 6) is 0.561. The minimum Gasteiger partial charge on any atom is -0.377 e. The van der Waals surface area contributed by atoms with Crippen molar-refractivity contribution in [3.05, 3.63) is 72.1 Å². The third kappa shape index (κ3) is 4.06. The van der Waals surface area contributed by atoms with E-state index in [4.69, 9.17) is 9.47 Å². The Morgan fingerprint density at radius 3 is 2.13 bits per heavy atom. The summed E-state index contributed by atoms with van der Waals surface area (Å²) in [6.45, 7) is 2.94. The van der Waals surface area contributed by atoms with Crippen molar-refractivity contribution in [2.45, 2.75) is 12.8 Å². The normalized spacial score (nSPS) is 16.7. The van der Waals surface area contributed by atoms with Crippen molar-refractivity contribution < 1.29 is 9.47 Å². The monoisotopic (exact) mass is 400 g/mol. The van der Waals surface area contributed by atoms with E-state index < -0.39 is 0 Å². The molecule has 0 radical (unpaired) electrons. The topological polar surface area (TPSA) is 72.1 Å². The molecule has 152 valence electrons. The van der Waals surface area contributed by atoms with Crippen LogP contribution in [0.3, 0.4) is 0 Å². The molecule has 0 saturated heterocycles. The molecule has 30 heavy (non-hydrogen) atoms. The first-order valence-electron chi connectivity index (χ1n) is 10.3. The van der Waals surface area contributed by atoms with E-state index in [2.05, 4.69) is 63.0 Å². The fourth-order valence-electron chi connectivity index (χ4n) is 3.96. The Morgan fingerprint density at radius 1 is 0.800 bits per heavy atom. The summed E-state index contributed by atoms with van der Waals surface area (Å²) >= 11 is 0. The predicted molar refractivity (Wildman–Crippen MR) is 118 cm³/mol. The van der Waals surface area contributed by atoms with Gasteiger partial charge in [-0.2, -0.15) is 0 Å². The lowest BCUT2D eigenvalue weighted by Gasteiger charge is -2.22. The largest absolute Gasteiger partial charge is 0.377 e. The van der Waals surface area contributed by atoms with Gasteiger partial charge in [-0.15, -0.1) is 5.10 Å². The van der Waals surface area contributed by atoms with Gasteiger partial charge in [0.05, 0.1) is 26.4 Å². The summed E-state index contributed by atoms with van der Waals surface area (Å²) in [5, 5.41) is 9.92. The molecule has 0 unspecified atom stereocenters. The van der Waals surface area contributed by atoms with Crippen LogP contribution in [0.5, 0.6) is 0 Å². The number of anilines is 2. The number of ether oxygens (including phenoxy) is 2. The van der Waals surface area contributed by atoms with Crippen LogP contribution in [0.1, 0.15) is 24.0 Å². The molecule has 2 aromatic carbocycles. The zero-order chi connectivity index (χ0) is 20.2. The van der Waals surface area contributed by atoms with Gasteiger partial charge in [0.2, 0.25) is 5.95 Å². The van der Waals surface area contributed by atoms with Crippen molar-refractivity contribution in [3.63, 3.8) is 0 Å². The van der Waals surface area contributed by atoms with Crippen LogP contribution < -0.4 is 5.32 Å². The van der Waals surface area contributed by atoms with Gasteiger partial charge < -0.3 is 14.8 Å². The number of benzene rings is 2. The van der Waals surface area contributed by atoms with Crippen molar-refractivity contribution >= 4 is 22.8 Å². The Hall–Kier alpha value is -3.22. The fraction of sp³-hybridized carbons (Fsp3) is 0.250. The molecule has 2 aliphatic heterocycles. The number of nitrogens with one attached hydrogen (secondary N) is 2. The first-order chi connectivity index (χ1) is 14.9. The van der Waals surface area contributed by atoms with E-state index >= 15 is 0 Å². The second kappa shape index (κ2) is 8.65.